The van der Waals surface area contributed by atoms with Crippen LogP contribution in [0.1, 0.15) is 0 Å². The Balaban J connectivity index is 1.11. The number of rotatable bonds is 6. The largest absolute Gasteiger partial charge is 0.311 e. The van der Waals surface area contributed by atoms with Crippen LogP contribution in [0.5, 0.6) is 0 Å². The minimum Gasteiger partial charge on any atom is -0.311 e. The topological polar surface area (TPSA) is 3.24 Å². The molecule has 0 spiro atoms. The molecule has 0 saturated heterocycles. The van der Waals surface area contributed by atoms with Gasteiger partial charge in [-0.15, -0.1) is 11.3 Å². The van der Waals surface area contributed by atoms with Gasteiger partial charge in [-0.05, 0) is 98.8 Å². The molecule has 0 N–H and O–H groups in total. The number of hydrogen-bond donors (Lipinski definition) is 0. The lowest BCUT2D eigenvalue weighted by Crippen LogP contribution is -2.09. The van der Waals surface area contributed by atoms with Crippen molar-refractivity contribution in [3.63, 3.8) is 0 Å². The summed E-state index contributed by atoms with van der Waals surface area (Å²) in [6.45, 7) is 0. The van der Waals surface area contributed by atoms with Gasteiger partial charge in [-0.1, -0.05) is 133 Å². The standard InChI is InChI=1S/C46H31NS/c1-3-12-32(13-4-1)35-15-11-16-36(30-35)33-22-26-39(27-23-33)47(38-17-5-2-6-18-38)40-28-24-34(25-29-40)43-31-37-14-7-8-19-41(37)46-45(43)42-20-9-10-21-44(42)48-46/h1-31H. The third-order valence-corrected chi connectivity index (χ3v) is 10.5. The van der Waals surface area contributed by atoms with Crippen LogP contribution in [0.4, 0.5) is 17.1 Å². The Morgan fingerprint density at radius 2 is 0.875 bits per heavy atom. The first-order valence-corrected chi connectivity index (χ1v) is 17.2. The van der Waals surface area contributed by atoms with E-state index in [-0.39, 0.29) is 0 Å². The van der Waals surface area contributed by atoms with Gasteiger partial charge in [-0.25, -0.2) is 0 Å². The van der Waals surface area contributed by atoms with Gasteiger partial charge >= 0.3 is 0 Å². The fraction of sp³-hybridized carbons (Fsp3) is 0. The molecule has 0 saturated carbocycles. The van der Waals surface area contributed by atoms with Crippen LogP contribution in [-0.2, 0) is 0 Å². The molecule has 0 aliphatic carbocycles. The average Bonchev–Trinajstić information content (AvgIpc) is 3.56. The summed E-state index contributed by atoms with van der Waals surface area (Å²) >= 11 is 1.89. The maximum Gasteiger partial charge on any atom is 0.0462 e. The van der Waals surface area contributed by atoms with Crippen LogP contribution >= 0.6 is 11.3 Å². The van der Waals surface area contributed by atoms with Gasteiger partial charge in [0.15, 0.2) is 0 Å². The summed E-state index contributed by atoms with van der Waals surface area (Å²) in [6.07, 6.45) is 0. The Kier molecular flexibility index (Phi) is 7.07. The summed E-state index contributed by atoms with van der Waals surface area (Å²) in [7, 11) is 0. The third kappa shape index (κ3) is 5.04. The fourth-order valence-electron chi connectivity index (χ4n) is 6.91. The zero-order valence-electron chi connectivity index (χ0n) is 26.3. The number of anilines is 3. The van der Waals surface area contributed by atoms with E-state index in [1.54, 1.807) is 0 Å². The smallest absolute Gasteiger partial charge is 0.0462 e. The number of nitrogens with zero attached hydrogens (tertiary/aromatic N) is 1. The van der Waals surface area contributed by atoms with Crippen molar-refractivity contribution in [2.24, 2.45) is 0 Å². The second kappa shape index (κ2) is 12.0. The van der Waals surface area contributed by atoms with Crippen LogP contribution in [0.3, 0.4) is 0 Å². The van der Waals surface area contributed by atoms with Crippen molar-refractivity contribution in [2.45, 2.75) is 0 Å². The molecule has 48 heavy (non-hydrogen) atoms. The molecule has 0 amide bonds. The van der Waals surface area contributed by atoms with Crippen molar-refractivity contribution < 1.29 is 0 Å². The fourth-order valence-corrected chi connectivity index (χ4v) is 8.18. The van der Waals surface area contributed by atoms with E-state index in [9.17, 15) is 0 Å². The van der Waals surface area contributed by atoms with Gasteiger partial charge in [-0.3, -0.25) is 0 Å². The quantitative estimate of drug-likeness (QED) is 0.177. The number of para-hydroxylation sites is 1. The van der Waals surface area contributed by atoms with Crippen molar-refractivity contribution in [2.75, 3.05) is 4.90 Å². The van der Waals surface area contributed by atoms with Crippen LogP contribution in [-0.4, -0.2) is 0 Å². The molecule has 0 atom stereocenters. The van der Waals surface area contributed by atoms with E-state index >= 15 is 0 Å². The van der Waals surface area contributed by atoms with Crippen molar-refractivity contribution in [3.05, 3.63) is 188 Å². The van der Waals surface area contributed by atoms with E-state index in [0.29, 0.717) is 0 Å². The number of hydrogen-bond acceptors (Lipinski definition) is 2. The molecule has 1 aromatic heterocycles. The van der Waals surface area contributed by atoms with Crippen LogP contribution < -0.4 is 4.90 Å². The van der Waals surface area contributed by atoms with Gasteiger partial charge in [0.05, 0.1) is 0 Å². The van der Waals surface area contributed by atoms with Crippen molar-refractivity contribution >= 4 is 59.3 Å². The molecular weight excluding hydrogens is 599 g/mol. The second-order valence-corrected chi connectivity index (χ2v) is 13.2. The zero-order valence-corrected chi connectivity index (χ0v) is 27.1. The molecule has 8 aromatic carbocycles. The predicted molar refractivity (Wildman–Crippen MR) is 208 cm³/mol. The molecule has 0 radical (unpaired) electrons. The minimum absolute atomic E-state index is 1.12. The zero-order chi connectivity index (χ0) is 31.9. The summed E-state index contributed by atoms with van der Waals surface area (Å²) < 4.78 is 2.68. The lowest BCUT2D eigenvalue weighted by molar-refractivity contribution is 1.28. The summed E-state index contributed by atoms with van der Waals surface area (Å²) in [4.78, 5) is 2.34. The Morgan fingerprint density at radius 3 is 1.58 bits per heavy atom. The van der Waals surface area contributed by atoms with Crippen LogP contribution in [0.2, 0.25) is 0 Å². The lowest BCUT2D eigenvalue weighted by Gasteiger charge is -2.26. The maximum atomic E-state index is 2.37. The maximum absolute atomic E-state index is 2.37. The van der Waals surface area contributed by atoms with Gasteiger partial charge in [-0.2, -0.15) is 0 Å². The van der Waals surface area contributed by atoms with Crippen LogP contribution in [0, 0.1) is 0 Å². The molecule has 1 nitrogen and oxygen atoms in total. The second-order valence-electron chi connectivity index (χ2n) is 12.2. The van der Waals surface area contributed by atoms with Gasteiger partial charge in [0, 0.05) is 37.2 Å². The molecule has 0 aliphatic rings. The van der Waals surface area contributed by atoms with Gasteiger partial charge in [0.2, 0.25) is 0 Å². The molecule has 0 unspecified atom stereocenters. The van der Waals surface area contributed by atoms with Crippen molar-refractivity contribution in [3.8, 4) is 33.4 Å². The molecule has 9 aromatic rings. The molecule has 0 bridgehead atoms. The first-order chi connectivity index (χ1) is 23.8. The highest BCUT2D eigenvalue weighted by atomic mass is 32.1. The van der Waals surface area contributed by atoms with Crippen molar-refractivity contribution in [1.82, 2.24) is 0 Å². The minimum atomic E-state index is 1.12. The highest BCUT2D eigenvalue weighted by molar-refractivity contribution is 7.26. The summed E-state index contributed by atoms with van der Waals surface area (Å²) in [5.74, 6) is 0. The molecule has 1 heterocycles. The van der Waals surface area contributed by atoms with E-state index in [2.05, 4.69) is 193 Å². The van der Waals surface area contributed by atoms with E-state index in [1.165, 1.54) is 64.3 Å². The van der Waals surface area contributed by atoms with E-state index in [1.807, 2.05) is 11.3 Å². The van der Waals surface area contributed by atoms with Crippen LogP contribution in [0.15, 0.2) is 188 Å². The van der Waals surface area contributed by atoms with Gasteiger partial charge < -0.3 is 4.90 Å². The highest BCUT2D eigenvalue weighted by Crippen LogP contribution is 2.45. The summed E-state index contributed by atoms with van der Waals surface area (Å²) in [5, 5.41) is 5.26. The predicted octanol–water partition coefficient (Wildman–Crippen LogP) is 13.7. The lowest BCUT2D eigenvalue weighted by atomic mass is 9.95. The molecule has 0 aliphatic heterocycles. The van der Waals surface area contributed by atoms with Gasteiger partial charge in [0.25, 0.3) is 0 Å². The summed E-state index contributed by atoms with van der Waals surface area (Å²) in [5.41, 5.74) is 10.7. The Bertz CT molecular complexity index is 2530. The first kappa shape index (κ1) is 28.3. The van der Waals surface area contributed by atoms with Gasteiger partial charge in [0.1, 0.15) is 0 Å². The molecule has 226 valence electrons. The normalized spacial score (nSPS) is 11.3. The van der Waals surface area contributed by atoms with Crippen LogP contribution in [0.25, 0.3) is 64.3 Å². The van der Waals surface area contributed by atoms with E-state index in [0.717, 1.165) is 17.1 Å². The first-order valence-electron chi connectivity index (χ1n) is 16.3. The Morgan fingerprint density at radius 1 is 0.354 bits per heavy atom. The third-order valence-electron chi connectivity index (χ3n) is 9.25. The average molecular weight is 630 g/mol. The highest BCUT2D eigenvalue weighted by Gasteiger charge is 2.17. The Hall–Kier alpha value is -5.96. The molecule has 9 rings (SSSR count). The molecule has 0 fully saturated rings. The van der Waals surface area contributed by atoms with E-state index < -0.39 is 0 Å². The number of thiophene rings is 1. The number of benzene rings is 8. The summed E-state index contributed by atoms with van der Waals surface area (Å²) in [6, 6.07) is 67.9. The Labute approximate surface area is 284 Å². The molecule has 2 heteroatoms. The molecular formula is C46H31NS. The van der Waals surface area contributed by atoms with Crippen molar-refractivity contribution in [1.29, 1.82) is 0 Å². The van der Waals surface area contributed by atoms with E-state index in [4.69, 9.17) is 0 Å². The monoisotopic (exact) mass is 629 g/mol. The SMILES string of the molecule is c1ccc(-c2cccc(-c3ccc(N(c4ccccc4)c4ccc(-c5cc6ccccc6c6sc7ccccc7c56)cc4)cc3)c2)cc1. The number of fused-ring (bicyclic) bond motifs is 5.